The molecular weight excluding hydrogens is 264 g/mol. The Morgan fingerprint density at radius 3 is 2.94 bits per heavy atom. The van der Waals surface area contributed by atoms with Crippen molar-refractivity contribution in [1.29, 1.82) is 0 Å². The van der Waals surface area contributed by atoms with Crippen LogP contribution in [0.5, 0.6) is 0 Å². The topological polar surface area (TPSA) is 54.5 Å². The van der Waals surface area contributed by atoms with Crippen molar-refractivity contribution in [1.82, 2.24) is 20.2 Å². The molecule has 3 aromatic rings. The van der Waals surface area contributed by atoms with E-state index in [0.717, 1.165) is 33.7 Å². The first kappa shape index (κ1) is 11.7. The zero-order valence-corrected chi connectivity index (χ0v) is 11.5. The Kier molecular flexibility index (Phi) is 3.29. The van der Waals surface area contributed by atoms with Gasteiger partial charge in [-0.1, -0.05) is 30.8 Å². The zero-order chi connectivity index (χ0) is 12.4. The van der Waals surface area contributed by atoms with E-state index < -0.39 is 0 Å². The SMILES string of the molecule is CCc1nc(SCc2nc3ccccc3s2)n[nH]1. The summed E-state index contributed by atoms with van der Waals surface area (Å²) in [5, 5.41) is 8.99. The van der Waals surface area contributed by atoms with Gasteiger partial charge in [-0.25, -0.2) is 9.97 Å². The number of aromatic amines is 1. The molecule has 0 spiro atoms. The predicted molar refractivity (Wildman–Crippen MR) is 74.9 cm³/mol. The third kappa shape index (κ3) is 2.39. The minimum atomic E-state index is 0.797. The average molecular weight is 276 g/mol. The molecule has 0 saturated heterocycles. The van der Waals surface area contributed by atoms with Crippen LogP contribution >= 0.6 is 23.1 Å². The number of thiazole rings is 1. The molecule has 0 fully saturated rings. The van der Waals surface area contributed by atoms with Gasteiger partial charge in [0.15, 0.2) is 0 Å². The van der Waals surface area contributed by atoms with Crippen LogP contribution in [0.1, 0.15) is 17.8 Å². The Morgan fingerprint density at radius 2 is 2.17 bits per heavy atom. The molecule has 2 heterocycles. The Bertz CT molecular complexity index is 626. The van der Waals surface area contributed by atoms with Crippen LogP contribution in [-0.4, -0.2) is 20.2 Å². The van der Waals surface area contributed by atoms with Gasteiger partial charge in [0.1, 0.15) is 10.8 Å². The number of thioether (sulfide) groups is 1. The molecule has 3 rings (SSSR count). The second kappa shape index (κ2) is 5.07. The minimum absolute atomic E-state index is 0.797. The number of nitrogens with one attached hydrogen (secondary N) is 1. The first-order chi connectivity index (χ1) is 8.85. The van der Waals surface area contributed by atoms with Gasteiger partial charge in [-0.15, -0.1) is 16.4 Å². The van der Waals surface area contributed by atoms with Crippen molar-refractivity contribution < 1.29 is 0 Å². The molecular formula is C12H12N4S2. The molecule has 0 aliphatic heterocycles. The quantitative estimate of drug-likeness (QED) is 0.743. The van der Waals surface area contributed by atoms with Gasteiger partial charge >= 0.3 is 0 Å². The zero-order valence-electron chi connectivity index (χ0n) is 9.88. The Labute approximate surface area is 113 Å². The van der Waals surface area contributed by atoms with Crippen molar-refractivity contribution in [3.8, 4) is 0 Å². The summed E-state index contributed by atoms with van der Waals surface area (Å²) >= 11 is 3.35. The molecule has 1 aromatic carbocycles. The van der Waals surface area contributed by atoms with E-state index in [2.05, 4.69) is 33.2 Å². The molecule has 0 aliphatic rings. The lowest BCUT2D eigenvalue weighted by Crippen LogP contribution is -1.82. The van der Waals surface area contributed by atoms with E-state index in [0.29, 0.717) is 0 Å². The van der Waals surface area contributed by atoms with Gasteiger partial charge in [-0.05, 0) is 12.1 Å². The number of H-pyrrole nitrogens is 1. The van der Waals surface area contributed by atoms with Crippen LogP contribution in [0.15, 0.2) is 29.4 Å². The van der Waals surface area contributed by atoms with E-state index in [-0.39, 0.29) is 0 Å². The fourth-order valence-corrected chi connectivity index (χ4v) is 3.39. The molecule has 92 valence electrons. The first-order valence-electron chi connectivity index (χ1n) is 5.73. The maximum absolute atomic E-state index is 4.59. The Hall–Kier alpha value is -1.40. The van der Waals surface area contributed by atoms with Gasteiger partial charge in [-0.2, -0.15) is 0 Å². The number of benzene rings is 1. The summed E-state index contributed by atoms with van der Waals surface area (Å²) in [6.45, 7) is 2.06. The molecule has 1 N–H and O–H groups in total. The van der Waals surface area contributed by atoms with Gasteiger partial charge in [0.25, 0.3) is 0 Å². The number of hydrogen-bond donors (Lipinski definition) is 1. The molecule has 0 aliphatic carbocycles. The summed E-state index contributed by atoms with van der Waals surface area (Å²) in [6.07, 6.45) is 0.884. The summed E-state index contributed by atoms with van der Waals surface area (Å²) in [6, 6.07) is 8.20. The molecule has 4 nitrogen and oxygen atoms in total. The van der Waals surface area contributed by atoms with Crippen molar-refractivity contribution in [2.75, 3.05) is 0 Å². The standard InChI is InChI=1S/C12H12N4S2/c1-2-10-14-12(16-15-10)17-7-11-13-8-5-3-4-6-9(8)18-11/h3-6H,2,7H2,1H3,(H,14,15,16). The van der Waals surface area contributed by atoms with E-state index in [1.165, 1.54) is 4.70 Å². The fraction of sp³-hybridized carbons (Fsp3) is 0.250. The van der Waals surface area contributed by atoms with Gasteiger partial charge in [-0.3, -0.25) is 5.10 Å². The lowest BCUT2D eigenvalue weighted by molar-refractivity contribution is 0.941. The minimum Gasteiger partial charge on any atom is -0.262 e. The molecule has 0 unspecified atom stereocenters. The molecule has 2 aromatic heterocycles. The van der Waals surface area contributed by atoms with Crippen molar-refractivity contribution in [2.45, 2.75) is 24.3 Å². The van der Waals surface area contributed by atoms with Gasteiger partial charge in [0.2, 0.25) is 5.16 Å². The number of aryl methyl sites for hydroxylation is 1. The average Bonchev–Trinajstić information content (AvgIpc) is 3.02. The molecule has 18 heavy (non-hydrogen) atoms. The van der Waals surface area contributed by atoms with E-state index >= 15 is 0 Å². The van der Waals surface area contributed by atoms with Crippen LogP contribution in [0.3, 0.4) is 0 Å². The lowest BCUT2D eigenvalue weighted by Gasteiger charge is -1.90. The summed E-state index contributed by atoms with van der Waals surface area (Å²) < 4.78 is 1.23. The number of rotatable bonds is 4. The van der Waals surface area contributed by atoms with Crippen LogP contribution in [0, 0.1) is 0 Å². The third-order valence-corrected chi connectivity index (χ3v) is 4.59. The van der Waals surface area contributed by atoms with Crippen LogP contribution < -0.4 is 0 Å². The summed E-state index contributed by atoms with van der Waals surface area (Å²) in [5.74, 6) is 1.75. The lowest BCUT2D eigenvalue weighted by atomic mass is 10.3. The first-order valence-corrected chi connectivity index (χ1v) is 7.54. The van der Waals surface area contributed by atoms with Crippen molar-refractivity contribution >= 4 is 33.3 Å². The number of aromatic nitrogens is 4. The molecule has 0 saturated carbocycles. The molecule has 0 amide bonds. The highest BCUT2D eigenvalue weighted by Gasteiger charge is 2.06. The van der Waals surface area contributed by atoms with Crippen LogP contribution in [0.4, 0.5) is 0 Å². The number of hydrogen-bond acceptors (Lipinski definition) is 5. The smallest absolute Gasteiger partial charge is 0.208 e. The maximum Gasteiger partial charge on any atom is 0.208 e. The van der Waals surface area contributed by atoms with E-state index in [9.17, 15) is 0 Å². The van der Waals surface area contributed by atoms with Gasteiger partial charge < -0.3 is 0 Å². The largest absolute Gasteiger partial charge is 0.262 e. The molecule has 0 bridgehead atoms. The highest BCUT2D eigenvalue weighted by Crippen LogP contribution is 2.26. The highest BCUT2D eigenvalue weighted by molar-refractivity contribution is 7.98. The van der Waals surface area contributed by atoms with Crippen LogP contribution in [0.25, 0.3) is 10.2 Å². The summed E-state index contributed by atoms with van der Waals surface area (Å²) in [5.41, 5.74) is 1.07. The second-order valence-electron chi connectivity index (χ2n) is 3.78. The summed E-state index contributed by atoms with van der Waals surface area (Å²) in [4.78, 5) is 8.96. The number of fused-ring (bicyclic) bond motifs is 1. The van der Waals surface area contributed by atoms with Crippen molar-refractivity contribution in [2.24, 2.45) is 0 Å². The molecule has 6 heteroatoms. The maximum atomic E-state index is 4.59. The van der Waals surface area contributed by atoms with Gasteiger partial charge in [0, 0.05) is 6.42 Å². The molecule has 0 radical (unpaired) electrons. The van der Waals surface area contributed by atoms with Crippen LogP contribution in [-0.2, 0) is 12.2 Å². The highest BCUT2D eigenvalue weighted by atomic mass is 32.2. The predicted octanol–water partition coefficient (Wildman–Crippen LogP) is 3.27. The number of nitrogens with zero attached hydrogens (tertiary/aromatic N) is 3. The fourth-order valence-electron chi connectivity index (χ4n) is 1.61. The Morgan fingerprint density at radius 1 is 1.28 bits per heavy atom. The van der Waals surface area contributed by atoms with E-state index in [1.807, 2.05) is 18.2 Å². The van der Waals surface area contributed by atoms with Crippen molar-refractivity contribution in [3.05, 3.63) is 35.1 Å². The number of para-hydroxylation sites is 1. The van der Waals surface area contributed by atoms with Gasteiger partial charge in [0.05, 0.1) is 16.0 Å². The normalized spacial score (nSPS) is 11.2. The third-order valence-electron chi connectivity index (χ3n) is 2.51. The Balaban J connectivity index is 1.72. The molecule has 0 atom stereocenters. The summed E-state index contributed by atoms with van der Waals surface area (Å²) in [7, 11) is 0. The van der Waals surface area contributed by atoms with E-state index in [1.54, 1.807) is 23.1 Å². The van der Waals surface area contributed by atoms with Crippen molar-refractivity contribution in [3.63, 3.8) is 0 Å². The van der Waals surface area contributed by atoms with Crippen LogP contribution in [0.2, 0.25) is 0 Å². The monoisotopic (exact) mass is 276 g/mol. The second-order valence-corrected chi connectivity index (χ2v) is 5.84. The van der Waals surface area contributed by atoms with E-state index in [4.69, 9.17) is 0 Å².